The molecule has 2 aromatic heterocycles. The monoisotopic (exact) mass is 480 g/mol. The highest BCUT2D eigenvalue weighted by Crippen LogP contribution is 2.30. The zero-order chi connectivity index (χ0) is 24.2. The number of nitrogens with zero attached hydrogens (tertiary/aromatic N) is 5. The van der Waals surface area contributed by atoms with E-state index in [1.165, 1.54) is 17.7 Å². The van der Waals surface area contributed by atoms with Gasteiger partial charge in [-0.25, -0.2) is 9.53 Å². The molecule has 0 aliphatic carbocycles. The molecule has 1 aromatic carbocycles. The fraction of sp³-hybridized carbons (Fsp3) is 0.375. The Kier molecular flexibility index (Phi) is 7.10. The molecule has 1 saturated heterocycles. The third-order valence-electron chi connectivity index (χ3n) is 5.60. The Bertz CT molecular complexity index is 1250. The van der Waals surface area contributed by atoms with E-state index >= 15 is 0 Å². The summed E-state index contributed by atoms with van der Waals surface area (Å²) in [5.41, 5.74) is 2.46. The second-order valence-electron chi connectivity index (χ2n) is 8.31. The number of aromatic nitrogens is 4. The van der Waals surface area contributed by atoms with Gasteiger partial charge in [-0.05, 0) is 38.3 Å². The Hall–Kier alpha value is -3.48. The molecule has 1 unspecified atom stereocenters. The van der Waals surface area contributed by atoms with Crippen molar-refractivity contribution in [2.75, 3.05) is 6.61 Å². The lowest BCUT2D eigenvalue weighted by molar-refractivity contribution is -0.0406. The molecule has 176 valence electrons. The van der Waals surface area contributed by atoms with Crippen LogP contribution in [-0.4, -0.2) is 43.9 Å². The number of hydrogen-bond donors (Lipinski definition) is 1. The zero-order valence-corrected chi connectivity index (χ0v) is 19.7. The van der Waals surface area contributed by atoms with E-state index in [0.717, 1.165) is 24.8 Å². The van der Waals surface area contributed by atoms with Gasteiger partial charge in [0.05, 0.1) is 18.8 Å². The average molecular weight is 481 g/mol. The van der Waals surface area contributed by atoms with Gasteiger partial charge in [-0.3, -0.25) is 14.3 Å². The Labute approximate surface area is 202 Å². The molecule has 1 N–H and O–H groups in total. The van der Waals surface area contributed by atoms with Gasteiger partial charge in [0.15, 0.2) is 17.7 Å². The highest BCUT2D eigenvalue weighted by molar-refractivity contribution is 6.33. The Morgan fingerprint density at radius 2 is 2.12 bits per heavy atom. The van der Waals surface area contributed by atoms with E-state index in [2.05, 4.69) is 20.4 Å². The van der Waals surface area contributed by atoms with Crippen LogP contribution in [0.25, 0.3) is 16.1 Å². The van der Waals surface area contributed by atoms with Crippen LogP contribution in [0.1, 0.15) is 60.3 Å². The van der Waals surface area contributed by atoms with Crippen LogP contribution in [0.4, 0.5) is 5.69 Å². The third-order valence-corrected chi connectivity index (χ3v) is 5.90. The fourth-order valence-electron chi connectivity index (χ4n) is 3.90. The summed E-state index contributed by atoms with van der Waals surface area (Å²) >= 11 is 6.14. The second-order valence-corrected chi connectivity index (χ2v) is 8.72. The molecule has 0 bridgehead atoms. The first-order valence-corrected chi connectivity index (χ1v) is 11.5. The lowest BCUT2D eigenvalue weighted by Crippen LogP contribution is -2.36. The van der Waals surface area contributed by atoms with Crippen molar-refractivity contribution in [1.82, 2.24) is 24.9 Å². The van der Waals surface area contributed by atoms with Crippen LogP contribution in [0.5, 0.6) is 0 Å². The molecular formula is C24H25ClN6O3. The maximum atomic E-state index is 12.8. The Morgan fingerprint density at radius 3 is 2.79 bits per heavy atom. The van der Waals surface area contributed by atoms with Crippen LogP contribution in [0, 0.1) is 6.57 Å². The first-order chi connectivity index (χ1) is 16.4. The smallest absolute Gasteiger partial charge is 0.272 e. The van der Waals surface area contributed by atoms with Gasteiger partial charge < -0.3 is 10.1 Å². The van der Waals surface area contributed by atoms with Gasteiger partial charge in [-0.2, -0.15) is 10.2 Å². The van der Waals surface area contributed by atoms with Crippen LogP contribution >= 0.6 is 11.6 Å². The van der Waals surface area contributed by atoms with E-state index in [0.29, 0.717) is 35.2 Å². The number of amides is 1. The number of carbonyl (C=O) groups excluding carboxylic acids is 2. The van der Waals surface area contributed by atoms with Crippen LogP contribution in [-0.2, 0) is 11.3 Å². The molecule has 3 aromatic rings. The lowest BCUT2D eigenvalue weighted by Gasteiger charge is -2.24. The molecular weight excluding hydrogens is 456 g/mol. The first-order valence-electron chi connectivity index (χ1n) is 11.1. The Balaban J connectivity index is 1.42. The summed E-state index contributed by atoms with van der Waals surface area (Å²) in [6, 6.07) is 8.31. The number of Topliss-reactive ketones (excluding diaryl/α,β-unsaturated/α-hetero) is 1. The largest absolute Gasteiger partial charge is 0.356 e. The van der Waals surface area contributed by atoms with Crippen LogP contribution in [0.15, 0.2) is 36.5 Å². The summed E-state index contributed by atoms with van der Waals surface area (Å²) in [4.78, 5) is 28.3. The summed E-state index contributed by atoms with van der Waals surface area (Å²) in [6.07, 6.45) is 4.21. The molecule has 1 aliphatic heterocycles. The number of rotatable bonds is 7. The maximum Gasteiger partial charge on any atom is 0.272 e. The molecule has 9 nitrogen and oxygen atoms in total. The van der Waals surface area contributed by atoms with Crippen molar-refractivity contribution in [2.45, 2.75) is 51.9 Å². The number of ether oxygens (including phenoxy) is 1. The van der Waals surface area contributed by atoms with Crippen molar-refractivity contribution in [1.29, 1.82) is 0 Å². The van der Waals surface area contributed by atoms with Gasteiger partial charge in [0.25, 0.3) is 5.91 Å². The third kappa shape index (κ3) is 5.19. The number of nitrogens with one attached hydrogen (secondary N) is 1. The molecule has 4 rings (SSSR count). The summed E-state index contributed by atoms with van der Waals surface area (Å²) in [7, 11) is 0. The molecule has 10 heteroatoms. The van der Waals surface area contributed by atoms with Gasteiger partial charge in [-0.1, -0.05) is 23.7 Å². The normalized spacial score (nSPS) is 16.6. The second kappa shape index (κ2) is 10.2. The highest BCUT2D eigenvalue weighted by atomic mass is 35.5. The SMILES string of the molecule is [C-]#[N+]c1ccc(-c2ccn(C[C@H](C)NC(=O)c3cc(C(C)=O)n(C4CCCCO4)n3)n2)cc1Cl. The predicted molar refractivity (Wildman–Crippen MR) is 127 cm³/mol. The number of benzene rings is 1. The van der Waals surface area contributed by atoms with E-state index in [1.54, 1.807) is 22.9 Å². The first kappa shape index (κ1) is 23.7. The number of ketones is 1. The maximum absolute atomic E-state index is 12.8. The van der Waals surface area contributed by atoms with E-state index in [4.69, 9.17) is 22.9 Å². The van der Waals surface area contributed by atoms with Crippen molar-refractivity contribution < 1.29 is 14.3 Å². The Morgan fingerprint density at radius 1 is 1.29 bits per heavy atom. The minimum atomic E-state index is -0.363. The molecule has 0 radical (unpaired) electrons. The standard InChI is InChI=1S/C24H25ClN6O3/c1-15(14-30-10-9-19(28-30)17-7-8-20(26-3)18(25)12-17)27-24(33)21-13-22(16(2)32)31(29-21)23-6-4-5-11-34-23/h7-10,12-13,15,23H,4-6,11,14H2,1-2H3,(H,27,33)/t15-,23?/m0/s1. The molecule has 1 fully saturated rings. The van der Waals surface area contributed by atoms with Crippen LogP contribution in [0.2, 0.25) is 5.02 Å². The molecule has 0 saturated carbocycles. The van der Waals surface area contributed by atoms with E-state index in [1.807, 2.05) is 19.2 Å². The van der Waals surface area contributed by atoms with Gasteiger partial charge in [0, 0.05) is 42.4 Å². The fourth-order valence-corrected chi connectivity index (χ4v) is 4.13. The van der Waals surface area contributed by atoms with Crippen molar-refractivity contribution in [3.63, 3.8) is 0 Å². The topological polar surface area (TPSA) is 95.4 Å². The minimum absolute atomic E-state index is 0.164. The summed E-state index contributed by atoms with van der Waals surface area (Å²) < 4.78 is 9.01. The summed E-state index contributed by atoms with van der Waals surface area (Å²) in [5.74, 6) is -0.527. The van der Waals surface area contributed by atoms with E-state index in [-0.39, 0.29) is 29.7 Å². The van der Waals surface area contributed by atoms with Gasteiger partial charge in [0.1, 0.15) is 5.69 Å². The van der Waals surface area contributed by atoms with E-state index < -0.39 is 0 Å². The van der Waals surface area contributed by atoms with Gasteiger partial charge >= 0.3 is 0 Å². The number of carbonyl (C=O) groups is 2. The van der Waals surface area contributed by atoms with Crippen LogP contribution in [0.3, 0.4) is 0 Å². The van der Waals surface area contributed by atoms with Crippen molar-refractivity contribution in [2.24, 2.45) is 0 Å². The number of hydrogen-bond acceptors (Lipinski definition) is 5. The van der Waals surface area contributed by atoms with Crippen molar-refractivity contribution in [3.8, 4) is 11.3 Å². The molecule has 1 aliphatic rings. The van der Waals surface area contributed by atoms with Crippen molar-refractivity contribution >= 4 is 29.0 Å². The van der Waals surface area contributed by atoms with E-state index in [9.17, 15) is 9.59 Å². The minimum Gasteiger partial charge on any atom is -0.356 e. The molecule has 1 amide bonds. The van der Waals surface area contributed by atoms with Gasteiger partial charge in [0.2, 0.25) is 5.69 Å². The predicted octanol–water partition coefficient (Wildman–Crippen LogP) is 4.67. The molecule has 0 spiro atoms. The summed E-state index contributed by atoms with van der Waals surface area (Å²) in [5, 5.41) is 12.2. The lowest BCUT2D eigenvalue weighted by atomic mass is 10.1. The molecule has 2 atom stereocenters. The summed E-state index contributed by atoms with van der Waals surface area (Å²) in [6.45, 7) is 11.5. The quantitative estimate of drug-likeness (QED) is 0.391. The van der Waals surface area contributed by atoms with Gasteiger partial charge in [-0.15, -0.1) is 0 Å². The number of halogens is 1. The molecule has 3 heterocycles. The average Bonchev–Trinajstić information content (AvgIpc) is 3.47. The van der Waals surface area contributed by atoms with Crippen molar-refractivity contribution in [3.05, 3.63) is 64.4 Å². The zero-order valence-electron chi connectivity index (χ0n) is 19.0. The highest BCUT2D eigenvalue weighted by Gasteiger charge is 2.25. The van der Waals surface area contributed by atoms with Crippen LogP contribution < -0.4 is 5.32 Å². The molecule has 34 heavy (non-hydrogen) atoms.